The lowest BCUT2D eigenvalue weighted by Crippen LogP contribution is -2.26. The van der Waals surface area contributed by atoms with Gasteiger partial charge in [-0.1, -0.05) is 182 Å². The van der Waals surface area contributed by atoms with E-state index in [4.69, 9.17) is 0 Å². The Morgan fingerprint density at radius 2 is 0.892 bits per heavy atom. The first-order chi connectivity index (χ1) is 32.2. The Kier molecular flexibility index (Phi) is 7.00. The summed E-state index contributed by atoms with van der Waals surface area (Å²) in [6.45, 7) is 0. The summed E-state index contributed by atoms with van der Waals surface area (Å²) >= 11 is 0. The van der Waals surface area contributed by atoms with Crippen molar-refractivity contribution < 1.29 is 0 Å². The average Bonchev–Trinajstić information content (AvgIpc) is 4.08. The van der Waals surface area contributed by atoms with Crippen LogP contribution in [0.2, 0.25) is 0 Å². The highest BCUT2D eigenvalue weighted by molar-refractivity contribution is 6.20. The molecule has 0 radical (unpaired) electrons. The molecule has 0 unspecified atom stereocenters. The van der Waals surface area contributed by atoms with Gasteiger partial charge in [0.15, 0.2) is 0 Å². The van der Waals surface area contributed by atoms with Crippen molar-refractivity contribution >= 4 is 60.5 Å². The largest absolute Gasteiger partial charge is 0.310 e. The second kappa shape index (κ2) is 12.9. The Morgan fingerprint density at radius 3 is 1.68 bits per heavy atom. The summed E-state index contributed by atoms with van der Waals surface area (Å²) < 4.78 is 0. The lowest BCUT2D eigenvalue weighted by atomic mass is 9.70. The minimum Gasteiger partial charge on any atom is -0.310 e. The number of fused-ring (bicyclic) bond motifs is 17. The summed E-state index contributed by atoms with van der Waals surface area (Å²) in [5, 5.41) is 7.75. The summed E-state index contributed by atoms with van der Waals surface area (Å²) in [6.07, 6.45) is 0.975. The zero-order valence-corrected chi connectivity index (χ0v) is 35.5. The highest BCUT2D eigenvalue weighted by Crippen LogP contribution is 2.63. The summed E-state index contributed by atoms with van der Waals surface area (Å²) in [7, 11) is 0. The Morgan fingerprint density at radius 1 is 0.323 bits per heavy atom. The van der Waals surface area contributed by atoms with Crippen LogP contribution in [-0.4, -0.2) is 0 Å². The Hall–Kier alpha value is -8.26. The molecule has 1 spiro atoms. The molecule has 0 fully saturated rings. The predicted molar refractivity (Wildman–Crippen MR) is 271 cm³/mol. The van der Waals surface area contributed by atoms with E-state index in [1.165, 1.54) is 121 Å². The monoisotopic (exact) mass is 821 g/mol. The molecule has 0 amide bonds. The second-order valence-corrected chi connectivity index (χ2v) is 18.3. The van der Waals surface area contributed by atoms with E-state index in [0.29, 0.717) is 0 Å². The topological polar surface area (TPSA) is 3.24 Å². The van der Waals surface area contributed by atoms with Gasteiger partial charge in [-0.05, 0) is 170 Å². The molecule has 4 aliphatic carbocycles. The minimum absolute atomic E-state index is 0.437. The van der Waals surface area contributed by atoms with E-state index in [-0.39, 0.29) is 0 Å². The van der Waals surface area contributed by atoms with E-state index in [9.17, 15) is 0 Å². The third-order valence-electron chi connectivity index (χ3n) is 15.2. The Labute approximate surface area is 377 Å². The van der Waals surface area contributed by atoms with Gasteiger partial charge in [0, 0.05) is 17.1 Å². The molecule has 0 saturated heterocycles. The minimum atomic E-state index is -0.437. The Balaban J connectivity index is 0.933. The van der Waals surface area contributed by atoms with Crippen LogP contribution in [0.4, 0.5) is 17.1 Å². The van der Waals surface area contributed by atoms with Gasteiger partial charge in [-0.3, -0.25) is 0 Å². The van der Waals surface area contributed by atoms with Crippen molar-refractivity contribution in [3.8, 4) is 33.4 Å². The molecule has 0 heterocycles. The number of nitrogens with zero attached hydrogens (tertiary/aromatic N) is 1. The molecule has 11 aromatic rings. The van der Waals surface area contributed by atoms with E-state index in [1.54, 1.807) is 0 Å². The molecule has 0 aromatic heterocycles. The van der Waals surface area contributed by atoms with Gasteiger partial charge in [-0.15, -0.1) is 0 Å². The van der Waals surface area contributed by atoms with Gasteiger partial charge >= 0.3 is 0 Å². The molecule has 0 saturated carbocycles. The number of rotatable bonds is 4. The molecular formula is C64H39N. The standard InChI is InChI=1S/C64H39N/c1-2-17-48-39(12-1)26-28-43-35-46(30-32-49(43)48)65(45-16-9-15-41(34-45)42-27-29-44-37-57-54-21-10-13-40-14-11-22-55(62(40)54)63(57)56(44)36-42)47-31-33-53-52-20-5-8-25-60(52)64(61(53)38-47)58-23-6-3-18-50(58)51-19-4-7-24-59(51)64/h1-36,38H,37H2. The van der Waals surface area contributed by atoms with Crippen molar-refractivity contribution in [2.75, 3.05) is 4.90 Å². The smallest absolute Gasteiger partial charge is 0.0726 e. The zero-order chi connectivity index (χ0) is 42.4. The summed E-state index contributed by atoms with van der Waals surface area (Å²) in [5.74, 6) is 0. The highest BCUT2D eigenvalue weighted by Gasteiger charge is 2.51. The fraction of sp³-hybridized carbons (Fsp3) is 0.0312. The normalized spacial score (nSPS) is 14.2. The maximum absolute atomic E-state index is 2.51. The molecule has 15 rings (SSSR count). The fourth-order valence-corrected chi connectivity index (χ4v) is 12.6. The molecule has 0 bridgehead atoms. The summed E-state index contributed by atoms with van der Waals surface area (Å²) in [6, 6.07) is 84.8. The van der Waals surface area contributed by atoms with Crippen molar-refractivity contribution in [2.45, 2.75) is 11.8 Å². The SMILES string of the molecule is c1cc(-c2ccc3c(c2)C2=C(C3)c3cccc4cccc2c34)cc(N(c2ccc3c(c2)C2(c4ccccc4-c4ccccc42)c2ccccc2-3)c2ccc3c(ccc4ccccc43)c2)c1. The van der Waals surface area contributed by atoms with E-state index in [0.717, 1.165) is 23.5 Å². The van der Waals surface area contributed by atoms with Crippen LogP contribution in [0.3, 0.4) is 0 Å². The first-order valence-corrected chi connectivity index (χ1v) is 22.9. The maximum Gasteiger partial charge on any atom is 0.0726 e. The first-order valence-electron chi connectivity index (χ1n) is 22.9. The molecular weight excluding hydrogens is 783 g/mol. The lowest BCUT2D eigenvalue weighted by molar-refractivity contribution is 0.793. The Bertz CT molecular complexity index is 3870. The highest BCUT2D eigenvalue weighted by atomic mass is 15.1. The van der Waals surface area contributed by atoms with E-state index < -0.39 is 5.41 Å². The van der Waals surface area contributed by atoms with Crippen molar-refractivity contribution in [3.05, 3.63) is 269 Å². The lowest BCUT2D eigenvalue weighted by Gasteiger charge is -2.32. The number of allylic oxidation sites excluding steroid dienone is 1. The summed E-state index contributed by atoms with van der Waals surface area (Å²) in [4.78, 5) is 2.49. The van der Waals surface area contributed by atoms with Crippen molar-refractivity contribution in [1.82, 2.24) is 0 Å². The van der Waals surface area contributed by atoms with E-state index in [2.05, 4.69) is 229 Å². The first kappa shape index (κ1) is 35.2. The van der Waals surface area contributed by atoms with Gasteiger partial charge in [0.1, 0.15) is 0 Å². The van der Waals surface area contributed by atoms with Crippen LogP contribution >= 0.6 is 0 Å². The molecule has 65 heavy (non-hydrogen) atoms. The molecule has 1 heteroatoms. The van der Waals surface area contributed by atoms with E-state index in [1.807, 2.05) is 0 Å². The number of hydrogen-bond acceptors (Lipinski definition) is 1. The van der Waals surface area contributed by atoms with Crippen molar-refractivity contribution in [3.63, 3.8) is 0 Å². The molecule has 11 aromatic carbocycles. The predicted octanol–water partition coefficient (Wildman–Crippen LogP) is 16.5. The van der Waals surface area contributed by atoms with Gasteiger partial charge in [-0.25, -0.2) is 0 Å². The third-order valence-corrected chi connectivity index (χ3v) is 15.2. The summed E-state index contributed by atoms with van der Waals surface area (Å²) in [5.41, 5.74) is 24.4. The maximum atomic E-state index is 2.51. The van der Waals surface area contributed by atoms with Crippen LogP contribution in [0.25, 0.3) is 76.8 Å². The van der Waals surface area contributed by atoms with Crippen LogP contribution in [0, 0.1) is 0 Å². The third kappa shape index (κ3) is 4.67. The van der Waals surface area contributed by atoms with Crippen LogP contribution < -0.4 is 4.90 Å². The van der Waals surface area contributed by atoms with E-state index >= 15 is 0 Å². The molecule has 300 valence electrons. The van der Waals surface area contributed by atoms with Crippen LogP contribution in [0.5, 0.6) is 0 Å². The zero-order valence-electron chi connectivity index (χ0n) is 35.5. The van der Waals surface area contributed by atoms with Crippen LogP contribution in [0.1, 0.15) is 44.5 Å². The molecule has 4 aliphatic rings. The molecule has 1 nitrogen and oxygen atoms in total. The van der Waals surface area contributed by atoms with Gasteiger partial charge in [0.25, 0.3) is 0 Å². The molecule has 0 N–H and O–H groups in total. The number of benzene rings is 11. The van der Waals surface area contributed by atoms with Gasteiger partial charge in [0.2, 0.25) is 0 Å². The molecule has 0 aliphatic heterocycles. The van der Waals surface area contributed by atoms with Gasteiger partial charge < -0.3 is 4.90 Å². The van der Waals surface area contributed by atoms with Gasteiger partial charge in [-0.2, -0.15) is 0 Å². The molecule has 0 atom stereocenters. The second-order valence-electron chi connectivity index (χ2n) is 18.3. The van der Waals surface area contributed by atoms with Gasteiger partial charge in [0.05, 0.1) is 5.41 Å². The van der Waals surface area contributed by atoms with Crippen LogP contribution in [-0.2, 0) is 11.8 Å². The van der Waals surface area contributed by atoms with Crippen molar-refractivity contribution in [2.24, 2.45) is 0 Å². The quantitative estimate of drug-likeness (QED) is 0.160. The van der Waals surface area contributed by atoms with Crippen LogP contribution in [0.15, 0.2) is 224 Å². The fourth-order valence-electron chi connectivity index (χ4n) is 12.6. The number of hydrogen-bond donors (Lipinski definition) is 0. The van der Waals surface area contributed by atoms with Crippen molar-refractivity contribution in [1.29, 1.82) is 0 Å². The average molecular weight is 822 g/mol. The number of anilines is 3.